The average molecular weight is 266 g/mol. The number of furan rings is 1. The van der Waals surface area contributed by atoms with E-state index in [-0.39, 0.29) is 0 Å². The summed E-state index contributed by atoms with van der Waals surface area (Å²) < 4.78 is 69.5. The zero-order valence-corrected chi connectivity index (χ0v) is 8.27. The van der Waals surface area contributed by atoms with E-state index < -0.39 is 51.9 Å². The standard InChI is InChI=1S/C10H3F5O3/c11-5-4(3-2(16)1-18-10(3)17)6(12)8(14)9(15)7(5)13/h1,16-17H. The first kappa shape index (κ1) is 12.2. The maximum Gasteiger partial charge on any atom is 0.294 e. The molecule has 1 heterocycles. The van der Waals surface area contributed by atoms with Crippen molar-refractivity contribution in [3.8, 4) is 22.8 Å². The van der Waals surface area contributed by atoms with Gasteiger partial charge >= 0.3 is 0 Å². The molecule has 0 amide bonds. The Bertz CT molecular complexity index is 586. The monoisotopic (exact) mass is 266 g/mol. The normalized spacial score (nSPS) is 10.9. The quantitative estimate of drug-likeness (QED) is 0.474. The highest BCUT2D eigenvalue weighted by molar-refractivity contribution is 5.75. The van der Waals surface area contributed by atoms with E-state index in [4.69, 9.17) is 10.2 Å². The minimum absolute atomic E-state index is 0.489. The Morgan fingerprint density at radius 3 is 1.56 bits per heavy atom. The Balaban J connectivity index is 2.89. The van der Waals surface area contributed by atoms with E-state index >= 15 is 0 Å². The number of halogens is 5. The summed E-state index contributed by atoms with van der Waals surface area (Å²) in [4.78, 5) is 0. The highest BCUT2D eigenvalue weighted by Crippen LogP contribution is 2.42. The van der Waals surface area contributed by atoms with E-state index in [0.717, 1.165) is 0 Å². The lowest BCUT2D eigenvalue weighted by molar-refractivity contribution is 0.331. The zero-order chi connectivity index (χ0) is 13.6. The fraction of sp³-hybridized carbons (Fsp3) is 0. The fourth-order valence-corrected chi connectivity index (χ4v) is 1.40. The van der Waals surface area contributed by atoms with Crippen molar-refractivity contribution in [3.63, 3.8) is 0 Å². The van der Waals surface area contributed by atoms with Crippen molar-refractivity contribution < 1.29 is 36.6 Å². The van der Waals surface area contributed by atoms with Gasteiger partial charge in [0, 0.05) is 0 Å². The van der Waals surface area contributed by atoms with Crippen LogP contribution >= 0.6 is 0 Å². The molecule has 1 aromatic carbocycles. The summed E-state index contributed by atoms with van der Waals surface area (Å²) in [7, 11) is 0. The van der Waals surface area contributed by atoms with E-state index in [1.54, 1.807) is 0 Å². The van der Waals surface area contributed by atoms with Gasteiger partial charge in [-0.15, -0.1) is 0 Å². The average Bonchev–Trinajstić information content (AvgIpc) is 2.66. The third kappa shape index (κ3) is 1.49. The Kier molecular flexibility index (Phi) is 2.64. The molecule has 2 N–H and O–H groups in total. The molecule has 0 aliphatic carbocycles. The molecule has 0 spiro atoms. The lowest BCUT2D eigenvalue weighted by Crippen LogP contribution is -2.03. The second kappa shape index (κ2) is 3.90. The van der Waals surface area contributed by atoms with Crippen LogP contribution in [0.1, 0.15) is 0 Å². The summed E-state index contributed by atoms with van der Waals surface area (Å²) in [6.45, 7) is 0. The molecule has 0 radical (unpaired) electrons. The number of aromatic hydroxyl groups is 2. The molecule has 0 aliphatic heterocycles. The maximum atomic E-state index is 13.3. The molecule has 0 unspecified atom stereocenters. The summed E-state index contributed by atoms with van der Waals surface area (Å²) in [5, 5.41) is 18.2. The van der Waals surface area contributed by atoms with E-state index in [1.165, 1.54) is 0 Å². The highest BCUT2D eigenvalue weighted by atomic mass is 19.2. The second-order valence-electron chi connectivity index (χ2n) is 3.25. The lowest BCUT2D eigenvalue weighted by Gasteiger charge is -2.06. The van der Waals surface area contributed by atoms with Crippen LogP contribution in [0.2, 0.25) is 0 Å². The van der Waals surface area contributed by atoms with Gasteiger partial charge in [0.25, 0.3) is 5.95 Å². The minimum atomic E-state index is -2.34. The van der Waals surface area contributed by atoms with Crippen LogP contribution in [0.3, 0.4) is 0 Å². The molecule has 96 valence electrons. The van der Waals surface area contributed by atoms with Gasteiger partial charge in [0.1, 0.15) is 11.8 Å². The van der Waals surface area contributed by atoms with Crippen molar-refractivity contribution in [1.29, 1.82) is 0 Å². The summed E-state index contributed by atoms with van der Waals surface area (Å²) in [6.07, 6.45) is 0.489. The van der Waals surface area contributed by atoms with Crippen LogP contribution < -0.4 is 0 Å². The molecule has 0 bridgehead atoms. The van der Waals surface area contributed by atoms with Gasteiger partial charge in [-0.05, 0) is 0 Å². The molecule has 0 saturated carbocycles. The molecule has 0 atom stereocenters. The summed E-state index contributed by atoms with van der Waals surface area (Å²) >= 11 is 0. The van der Waals surface area contributed by atoms with Crippen molar-refractivity contribution in [2.45, 2.75) is 0 Å². The molecular weight excluding hydrogens is 263 g/mol. The molecule has 0 fully saturated rings. The number of hydrogen-bond donors (Lipinski definition) is 2. The molecule has 1 aromatic heterocycles. The molecule has 2 rings (SSSR count). The molecule has 8 heteroatoms. The Labute approximate surface area is 95.7 Å². The zero-order valence-electron chi connectivity index (χ0n) is 8.27. The van der Waals surface area contributed by atoms with Crippen molar-refractivity contribution in [2.24, 2.45) is 0 Å². The van der Waals surface area contributed by atoms with Crippen molar-refractivity contribution in [1.82, 2.24) is 0 Å². The number of benzene rings is 1. The first-order valence-corrected chi connectivity index (χ1v) is 4.37. The Morgan fingerprint density at radius 2 is 1.17 bits per heavy atom. The summed E-state index contributed by atoms with van der Waals surface area (Å²) in [5.74, 6) is -13.2. The number of hydrogen-bond acceptors (Lipinski definition) is 3. The third-order valence-corrected chi connectivity index (χ3v) is 2.21. The van der Waals surface area contributed by atoms with Gasteiger partial charge in [0.15, 0.2) is 29.0 Å². The van der Waals surface area contributed by atoms with Gasteiger partial charge in [-0.1, -0.05) is 0 Å². The van der Waals surface area contributed by atoms with Gasteiger partial charge in [-0.25, -0.2) is 22.0 Å². The third-order valence-electron chi connectivity index (χ3n) is 2.21. The predicted molar refractivity (Wildman–Crippen MR) is 47.3 cm³/mol. The van der Waals surface area contributed by atoms with E-state index in [9.17, 15) is 22.0 Å². The molecule has 2 aromatic rings. The maximum absolute atomic E-state index is 13.3. The SMILES string of the molecule is Oc1coc(O)c1-c1c(F)c(F)c(F)c(F)c1F. The van der Waals surface area contributed by atoms with E-state index in [2.05, 4.69) is 4.42 Å². The summed E-state index contributed by atoms with van der Waals surface area (Å²) in [5.41, 5.74) is -2.47. The van der Waals surface area contributed by atoms with Crippen LogP contribution in [0.15, 0.2) is 10.7 Å². The van der Waals surface area contributed by atoms with Crippen LogP contribution in [0.4, 0.5) is 22.0 Å². The van der Waals surface area contributed by atoms with Gasteiger partial charge in [0.05, 0.1) is 5.56 Å². The van der Waals surface area contributed by atoms with Gasteiger partial charge in [-0.2, -0.15) is 0 Å². The molecule has 3 nitrogen and oxygen atoms in total. The van der Waals surface area contributed by atoms with Gasteiger partial charge < -0.3 is 14.6 Å². The van der Waals surface area contributed by atoms with Gasteiger partial charge in [0.2, 0.25) is 5.82 Å². The predicted octanol–water partition coefficient (Wildman–Crippen LogP) is 3.05. The van der Waals surface area contributed by atoms with Gasteiger partial charge in [-0.3, -0.25) is 0 Å². The smallest absolute Gasteiger partial charge is 0.294 e. The van der Waals surface area contributed by atoms with Crippen LogP contribution in [0.5, 0.6) is 11.7 Å². The van der Waals surface area contributed by atoms with Crippen molar-refractivity contribution >= 4 is 0 Å². The fourth-order valence-electron chi connectivity index (χ4n) is 1.40. The molecule has 18 heavy (non-hydrogen) atoms. The van der Waals surface area contributed by atoms with Crippen LogP contribution in [-0.2, 0) is 0 Å². The molecule has 0 saturated heterocycles. The topological polar surface area (TPSA) is 53.6 Å². The first-order chi connectivity index (χ1) is 8.36. The molecule has 0 aliphatic rings. The highest BCUT2D eigenvalue weighted by Gasteiger charge is 2.31. The lowest BCUT2D eigenvalue weighted by atomic mass is 10.1. The van der Waals surface area contributed by atoms with Crippen LogP contribution in [0.25, 0.3) is 11.1 Å². The summed E-state index contributed by atoms with van der Waals surface area (Å²) in [6, 6.07) is 0. The van der Waals surface area contributed by atoms with Crippen LogP contribution in [0, 0.1) is 29.1 Å². The van der Waals surface area contributed by atoms with Crippen molar-refractivity contribution in [3.05, 3.63) is 35.3 Å². The Hall–Kier alpha value is -2.25. The molecular formula is C10H3F5O3. The minimum Gasteiger partial charge on any atom is -0.504 e. The second-order valence-corrected chi connectivity index (χ2v) is 3.25. The number of rotatable bonds is 1. The van der Waals surface area contributed by atoms with E-state index in [1.807, 2.05) is 0 Å². The first-order valence-electron chi connectivity index (χ1n) is 4.37. The van der Waals surface area contributed by atoms with E-state index in [0.29, 0.717) is 6.26 Å². The Morgan fingerprint density at radius 1 is 0.722 bits per heavy atom. The van der Waals surface area contributed by atoms with Crippen LogP contribution in [-0.4, -0.2) is 10.2 Å². The largest absolute Gasteiger partial charge is 0.504 e. The van der Waals surface area contributed by atoms with Crippen molar-refractivity contribution in [2.75, 3.05) is 0 Å².